The predicted molar refractivity (Wildman–Crippen MR) is 470 cm³/mol. The number of phenols is 2. The molecule has 658 valence electrons. The monoisotopic (exact) mass is 1670 g/mol. The maximum atomic E-state index is 12.8. The summed E-state index contributed by atoms with van der Waals surface area (Å²) in [4.78, 5) is 67.2. The Hall–Kier alpha value is -10.1. The Bertz CT molecular complexity index is 4050. The van der Waals surface area contributed by atoms with Crippen LogP contribution in [0.2, 0.25) is 0 Å². The van der Waals surface area contributed by atoms with Crippen molar-refractivity contribution in [1.82, 2.24) is 24.5 Å². The number of aromatic hydroxyl groups is 2. The molecule has 6 N–H and O–H groups in total. The third-order valence-electron chi connectivity index (χ3n) is 20.6. The molecule has 121 heavy (non-hydrogen) atoms. The molecule has 3 atom stereocenters. The quantitative estimate of drug-likeness (QED) is 0.0347. The van der Waals surface area contributed by atoms with Crippen LogP contribution < -0.4 is 14.2 Å². The Labute approximate surface area is 716 Å². The minimum Gasteiger partial charge on any atom is -0.508 e. The number of aliphatic hydroxyl groups excluding tert-OH is 1. The van der Waals surface area contributed by atoms with E-state index in [4.69, 9.17) is 48.1 Å². The fourth-order valence-electron chi connectivity index (χ4n) is 13.5. The van der Waals surface area contributed by atoms with Gasteiger partial charge in [0, 0.05) is 180 Å². The number of nitrogens with zero attached hydrogens (tertiary/aromatic N) is 5. The molecule has 0 radical (unpaired) electrons. The number of amides is 4. The fourth-order valence-corrected chi connectivity index (χ4v) is 13.5. The highest BCUT2D eigenvalue weighted by Gasteiger charge is 2.46. The van der Waals surface area contributed by atoms with Crippen LogP contribution in [0.4, 0.5) is 0 Å². The first-order valence-electron chi connectivity index (χ1n) is 41.6. The van der Waals surface area contributed by atoms with Crippen molar-refractivity contribution in [3.8, 4) is 28.7 Å². The molecule has 5 fully saturated rings. The minimum absolute atomic E-state index is 0.0343. The van der Waals surface area contributed by atoms with Gasteiger partial charge >= 0.3 is 0 Å². The van der Waals surface area contributed by atoms with Gasteiger partial charge in [0.05, 0.1) is 54.7 Å². The summed E-state index contributed by atoms with van der Waals surface area (Å²) >= 11 is 0. The zero-order chi connectivity index (χ0) is 88.0. The van der Waals surface area contributed by atoms with Gasteiger partial charge in [0.2, 0.25) is 23.6 Å². The fraction of sp³-hybridized carbons (Fsp3) is 0.454. The van der Waals surface area contributed by atoms with Gasteiger partial charge in [-0.1, -0.05) is 152 Å². The van der Waals surface area contributed by atoms with E-state index in [2.05, 4.69) is 4.90 Å². The number of aliphatic hydroxyl groups is 4. The number of hydrogen-bond donors (Lipinski definition) is 6. The molecule has 5 aliphatic rings. The Morgan fingerprint density at radius 3 is 0.926 bits per heavy atom. The van der Waals surface area contributed by atoms with Crippen molar-refractivity contribution in [3.63, 3.8) is 0 Å². The second-order valence-corrected chi connectivity index (χ2v) is 31.4. The summed E-state index contributed by atoms with van der Waals surface area (Å²) in [6, 6.07) is 66.4. The number of ketones is 1. The molecule has 0 aliphatic carbocycles. The third kappa shape index (κ3) is 36.2. The van der Waals surface area contributed by atoms with Gasteiger partial charge in [0.15, 0.2) is 0 Å². The molecule has 4 amide bonds. The van der Waals surface area contributed by atoms with Gasteiger partial charge in [-0.05, 0) is 139 Å². The SMILES string of the molecule is C1CCOC1.CCO.CN(C)C(=O)C(c1ccc(OCc2ccccc2)cc1)C1(O)CCOCC1.CN(C)C(=O)C(c1ccc(OCc2ccccc2)cc1)C1(O)CCOCC1.CN(C)C(=O)Cc1ccc(O)cc1.CN(C)C(=O)Cc1ccc(OCc2ccccc2)cc1.CN(C)CC(c1ccc(O)cc1)C1(O)CCOCC1.O=C1CCOCC1. The van der Waals surface area contributed by atoms with Crippen LogP contribution >= 0.6 is 0 Å². The summed E-state index contributed by atoms with van der Waals surface area (Å²) in [5.41, 5.74) is 4.99. The van der Waals surface area contributed by atoms with E-state index >= 15 is 0 Å². The van der Waals surface area contributed by atoms with Crippen LogP contribution in [0.15, 0.2) is 212 Å². The molecule has 3 unspecified atom stereocenters. The molecular formula is C97H131N5O19. The lowest BCUT2D eigenvalue weighted by molar-refractivity contribution is -0.144. The summed E-state index contributed by atoms with van der Waals surface area (Å²) in [7, 11) is 17.9. The van der Waals surface area contributed by atoms with E-state index in [0.717, 1.165) is 81.5 Å². The molecule has 0 aromatic heterocycles. The van der Waals surface area contributed by atoms with Crippen molar-refractivity contribution in [2.24, 2.45) is 0 Å². The van der Waals surface area contributed by atoms with E-state index in [1.807, 2.05) is 190 Å². The van der Waals surface area contributed by atoms with Gasteiger partial charge in [-0.2, -0.15) is 0 Å². The van der Waals surface area contributed by atoms with Gasteiger partial charge in [-0.3, -0.25) is 24.0 Å². The van der Waals surface area contributed by atoms with Crippen molar-refractivity contribution in [1.29, 1.82) is 0 Å². The Kier molecular flexibility index (Phi) is 44.2. The zero-order valence-corrected chi connectivity index (χ0v) is 72.8. The predicted octanol–water partition coefficient (Wildman–Crippen LogP) is 12.6. The highest BCUT2D eigenvalue weighted by molar-refractivity contribution is 5.86. The third-order valence-corrected chi connectivity index (χ3v) is 20.6. The van der Waals surface area contributed by atoms with E-state index in [1.54, 1.807) is 110 Å². The van der Waals surface area contributed by atoms with E-state index in [9.17, 15) is 44.4 Å². The van der Waals surface area contributed by atoms with Crippen molar-refractivity contribution in [3.05, 3.63) is 257 Å². The number of phenolic OH excluding ortho intramolecular Hbond substituents is 2. The van der Waals surface area contributed by atoms with Crippen LogP contribution in [-0.4, -0.2) is 251 Å². The maximum Gasteiger partial charge on any atom is 0.232 e. The smallest absolute Gasteiger partial charge is 0.232 e. The lowest BCUT2D eigenvalue weighted by Gasteiger charge is -2.40. The van der Waals surface area contributed by atoms with E-state index in [0.29, 0.717) is 143 Å². The summed E-state index contributed by atoms with van der Waals surface area (Å²) in [5.74, 6) is 1.87. The molecule has 8 aromatic rings. The molecule has 8 aromatic carbocycles. The van der Waals surface area contributed by atoms with E-state index < -0.39 is 28.6 Å². The second kappa shape index (κ2) is 53.6. The lowest BCUT2D eigenvalue weighted by atomic mass is 9.76. The van der Waals surface area contributed by atoms with Gasteiger partial charge in [-0.15, -0.1) is 0 Å². The molecule has 13 rings (SSSR count). The summed E-state index contributed by atoms with van der Waals surface area (Å²) in [6.45, 7) is 10.6. The number of Topliss-reactive ketones (excluding diaryl/α,β-unsaturated/α-hetero) is 1. The highest BCUT2D eigenvalue weighted by Crippen LogP contribution is 2.41. The molecule has 0 saturated carbocycles. The van der Waals surface area contributed by atoms with Crippen LogP contribution in [-0.2, 0) is 80.3 Å². The molecule has 24 heteroatoms. The van der Waals surface area contributed by atoms with Crippen molar-refractivity contribution < 1.29 is 92.5 Å². The Morgan fingerprint density at radius 1 is 0.364 bits per heavy atom. The van der Waals surface area contributed by atoms with E-state index in [1.165, 1.54) is 22.6 Å². The van der Waals surface area contributed by atoms with Gasteiger partial charge in [-0.25, -0.2) is 0 Å². The zero-order valence-electron chi connectivity index (χ0n) is 72.8. The number of rotatable bonds is 23. The first-order chi connectivity index (χ1) is 58.0. The highest BCUT2D eigenvalue weighted by atomic mass is 16.5. The van der Waals surface area contributed by atoms with Crippen LogP contribution in [0.3, 0.4) is 0 Å². The first kappa shape index (κ1) is 99.7. The topological polar surface area (TPSA) is 297 Å². The Balaban J connectivity index is 0.000000227. The lowest BCUT2D eigenvalue weighted by Crippen LogP contribution is -2.48. The number of likely N-dealkylation sites (N-methyl/N-ethyl adjacent to an activating group) is 5. The second-order valence-electron chi connectivity index (χ2n) is 31.4. The normalized spacial score (nSPS) is 16.0. The standard InChI is InChI=1S/2C22H27NO4.C17H19NO2.C15H23NO3.C10H13NO2.C5H8O2.C4H8O.C2H6O/c2*1-23(2)21(24)20(22(25)12-14-26-15-13-22)18-8-10-19(11-9-18)27-16-17-6-4-3-5-7-17;1-18(2)17(19)12-14-8-10-16(11-9-14)20-13-15-6-4-3-5-7-15;1-16(2)11-14(12-3-5-13(17)6-4-12)15(18)7-9-19-10-8-15;1-11(2)10(13)7-8-3-5-9(12)6-4-8;6-5-1-3-7-4-2-5;1-2-4-5-3-1;1-2-3/h2*3-11,20,25H,12-16H2,1-2H3;3-11H,12-13H2,1-2H3;3-6,14,17-18H,7-11H2,1-2H3;3-6,12H,7H2,1-2H3;1-4H2;1-4H2;3H,2H2,1H3. The minimum atomic E-state index is -1.09. The van der Waals surface area contributed by atoms with Gasteiger partial charge < -0.3 is 93.0 Å². The molecule has 0 spiro atoms. The Morgan fingerprint density at radius 2 is 0.645 bits per heavy atom. The average molecular weight is 1670 g/mol. The first-order valence-corrected chi connectivity index (χ1v) is 41.6. The number of hydrogen-bond acceptors (Lipinski definition) is 20. The number of benzene rings is 8. The van der Waals surface area contributed by atoms with Crippen molar-refractivity contribution >= 4 is 29.4 Å². The van der Waals surface area contributed by atoms with Crippen LogP contribution in [0.1, 0.15) is 133 Å². The molecular weight excluding hydrogens is 1540 g/mol. The van der Waals surface area contributed by atoms with Crippen LogP contribution in [0.25, 0.3) is 0 Å². The largest absolute Gasteiger partial charge is 0.508 e. The summed E-state index contributed by atoms with van der Waals surface area (Å²) in [5, 5.41) is 59.2. The summed E-state index contributed by atoms with van der Waals surface area (Å²) < 4.78 is 43.3. The number of carbonyl (C=O) groups is 5. The van der Waals surface area contributed by atoms with Gasteiger partial charge in [0.1, 0.15) is 54.4 Å². The van der Waals surface area contributed by atoms with Crippen molar-refractivity contribution in [2.75, 3.05) is 150 Å². The van der Waals surface area contributed by atoms with E-state index in [-0.39, 0.29) is 47.7 Å². The molecule has 5 aliphatic heterocycles. The maximum absolute atomic E-state index is 12.8. The van der Waals surface area contributed by atoms with Crippen molar-refractivity contribution in [2.45, 2.75) is 138 Å². The summed E-state index contributed by atoms with van der Waals surface area (Å²) in [6.07, 6.45) is 7.72. The average Bonchev–Trinajstić information content (AvgIpc) is 1.03. The molecule has 5 saturated heterocycles. The number of carbonyl (C=O) groups excluding carboxylic acids is 5. The molecule has 0 bridgehead atoms. The number of ether oxygens (including phenoxy) is 8. The van der Waals surface area contributed by atoms with Gasteiger partial charge in [0.25, 0.3) is 0 Å². The molecule has 24 nitrogen and oxygen atoms in total. The van der Waals surface area contributed by atoms with Crippen LogP contribution in [0.5, 0.6) is 28.7 Å². The van der Waals surface area contributed by atoms with Crippen LogP contribution in [0, 0.1) is 0 Å². The molecule has 5 heterocycles.